The number of anilines is 1. The Hall–Kier alpha value is -2.50. The third kappa shape index (κ3) is 5.05. The van der Waals surface area contributed by atoms with E-state index >= 15 is 0 Å². The van der Waals surface area contributed by atoms with E-state index in [-0.39, 0.29) is 22.1 Å². The smallest absolute Gasteiger partial charge is 0.337 e. The monoisotopic (exact) mass is 470 g/mol. The lowest BCUT2D eigenvalue weighted by molar-refractivity contribution is 0.0600. The number of benzene rings is 2. The molecule has 1 saturated heterocycles. The highest BCUT2D eigenvalue weighted by atomic mass is 32.2. The van der Waals surface area contributed by atoms with Crippen LogP contribution in [-0.4, -0.2) is 47.3 Å². The van der Waals surface area contributed by atoms with Gasteiger partial charge in [-0.3, -0.25) is 4.72 Å². The number of methoxy groups -OCH3 is 1. The molecule has 1 atom stereocenters. The lowest BCUT2D eigenvalue weighted by atomic mass is 10.0. The van der Waals surface area contributed by atoms with E-state index in [4.69, 9.17) is 0 Å². The van der Waals surface area contributed by atoms with Crippen molar-refractivity contribution in [3.8, 4) is 0 Å². The van der Waals surface area contributed by atoms with Gasteiger partial charge in [-0.15, -0.1) is 0 Å². The standard InChI is InChI=1S/C20H23FN2O6S2/c1-14-4-3-11-23(13-14)31(27,28)17-8-6-16(7-9-17)22-30(25,26)19-12-15(20(24)29-2)5-10-18(19)21/h5-10,12,14,22H,3-4,11,13H2,1-2H3/t14-/m1/s1. The van der Waals surface area contributed by atoms with Gasteiger partial charge < -0.3 is 4.74 Å². The number of carbonyl (C=O) groups excluding carboxylic acids is 1. The van der Waals surface area contributed by atoms with Gasteiger partial charge in [-0.1, -0.05) is 6.92 Å². The topological polar surface area (TPSA) is 110 Å². The van der Waals surface area contributed by atoms with Crippen LogP contribution in [-0.2, 0) is 24.8 Å². The second kappa shape index (κ2) is 8.93. The van der Waals surface area contributed by atoms with Crippen LogP contribution >= 0.6 is 0 Å². The van der Waals surface area contributed by atoms with Crippen molar-refractivity contribution in [1.82, 2.24) is 4.31 Å². The molecule has 0 spiro atoms. The van der Waals surface area contributed by atoms with Gasteiger partial charge in [0.1, 0.15) is 10.7 Å². The molecule has 11 heteroatoms. The molecule has 0 saturated carbocycles. The molecule has 1 aliphatic rings. The van der Waals surface area contributed by atoms with Gasteiger partial charge in [-0.2, -0.15) is 4.31 Å². The van der Waals surface area contributed by atoms with Crippen molar-refractivity contribution in [3.63, 3.8) is 0 Å². The van der Waals surface area contributed by atoms with Crippen LogP contribution in [0.25, 0.3) is 0 Å². The number of piperidine rings is 1. The van der Waals surface area contributed by atoms with Gasteiger partial charge in [-0.25, -0.2) is 26.0 Å². The molecule has 31 heavy (non-hydrogen) atoms. The zero-order chi connectivity index (χ0) is 22.8. The fourth-order valence-corrected chi connectivity index (χ4v) is 6.13. The van der Waals surface area contributed by atoms with E-state index in [2.05, 4.69) is 9.46 Å². The van der Waals surface area contributed by atoms with Crippen LogP contribution in [0.4, 0.5) is 10.1 Å². The van der Waals surface area contributed by atoms with E-state index in [0.29, 0.717) is 13.1 Å². The largest absolute Gasteiger partial charge is 0.465 e. The number of nitrogens with one attached hydrogen (secondary N) is 1. The molecule has 0 radical (unpaired) electrons. The maximum absolute atomic E-state index is 14.1. The van der Waals surface area contributed by atoms with E-state index < -0.39 is 36.7 Å². The Morgan fingerprint density at radius 2 is 1.81 bits per heavy atom. The SMILES string of the molecule is COC(=O)c1ccc(F)c(S(=O)(=O)Nc2ccc(S(=O)(=O)N3CCC[C@@H](C)C3)cc2)c1. The van der Waals surface area contributed by atoms with Gasteiger partial charge >= 0.3 is 5.97 Å². The summed E-state index contributed by atoms with van der Waals surface area (Å²) in [7, 11) is -6.94. The van der Waals surface area contributed by atoms with Gasteiger partial charge in [-0.05, 0) is 61.2 Å². The summed E-state index contributed by atoms with van der Waals surface area (Å²) in [4.78, 5) is 10.9. The minimum atomic E-state index is -4.38. The third-order valence-electron chi connectivity index (χ3n) is 5.01. The summed E-state index contributed by atoms with van der Waals surface area (Å²) < 4.78 is 73.2. The fraction of sp³-hybridized carbons (Fsp3) is 0.350. The summed E-state index contributed by atoms with van der Waals surface area (Å²) in [6.07, 6.45) is 1.76. The van der Waals surface area contributed by atoms with Crippen molar-refractivity contribution in [2.75, 3.05) is 24.9 Å². The normalized spacial score (nSPS) is 17.8. The first-order valence-electron chi connectivity index (χ1n) is 9.55. The summed E-state index contributed by atoms with van der Waals surface area (Å²) in [6.45, 7) is 2.87. The number of hydrogen-bond acceptors (Lipinski definition) is 6. The minimum absolute atomic E-state index is 0.0448. The summed E-state index contributed by atoms with van der Waals surface area (Å²) in [5.41, 5.74) is -0.0738. The molecule has 2 aromatic carbocycles. The number of sulfonamides is 2. The van der Waals surface area contributed by atoms with Crippen LogP contribution in [0.3, 0.4) is 0 Å². The zero-order valence-corrected chi connectivity index (χ0v) is 18.7. The van der Waals surface area contributed by atoms with Gasteiger partial charge in [0.05, 0.1) is 17.6 Å². The Morgan fingerprint density at radius 3 is 2.42 bits per heavy atom. The van der Waals surface area contributed by atoms with Gasteiger partial charge in [0.2, 0.25) is 10.0 Å². The minimum Gasteiger partial charge on any atom is -0.465 e. The summed E-state index contributed by atoms with van der Waals surface area (Å²) in [5, 5.41) is 0. The first kappa shape index (κ1) is 23.2. The molecule has 2 aromatic rings. The van der Waals surface area contributed by atoms with E-state index in [1.165, 1.54) is 28.6 Å². The van der Waals surface area contributed by atoms with Crippen LogP contribution < -0.4 is 4.72 Å². The second-order valence-electron chi connectivity index (χ2n) is 7.38. The first-order valence-corrected chi connectivity index (χ1v) is 12.5. The highest BCUT2D eigenvalue weighted by Crippen LogP contribution is 2.26. The highest BCUT2D eigenvalue weighted by molar-refractivity contribution is 7.92. The number of halogens is 1. The quantitative estimate of drug-likeness (QED) is 0.650. The van der Waals surface area contributed by atoms with Crippen LogP contribution in [0.1, 0.15) is 30.1 Å². The molecule has 0 aliphatic carbocycles. The summed E-state index contributed by atoms with van der Waals surface area (Å²) in [6, 6.07) is 8.03. The van der Waals surface area contributed by atoms with E-state index in [1.54, 1.807) is 0 Å². The van der Waals surface area contributed by atoms with Crippen LogP contribution in [0.5, 0.6) is 0 Å². The molecule has 0 amide bonds. The molecule has 1 aliphatic heterocycles. The van der Waals surface area contributed by atoms with Crippen molar-refractivity contribution in [3.05, 3.63) is 53.8 Å². The number of carbonyl (C=O) groups is 1. The number of esters is 1. The first-order chi connectivity index (χ1) is 14.5. The Morgan fingerprint density at radius 1 is 1.13 bits per heavy atom. The molecule has 1 heterocycles. The van der Waals surface area contributed by atoms with E-state index in [9.17, 15) is 26.0 Å². The number of ether oxygens (including phenoxy) is 1. The Kier molecular flexibility index (Phi) is 6.68. The number of nitrogens with zero attached hydrogens (tertiary/aromatic N) is 1. The van der Waals surface area contributed by atoms with E-state index in [0.717, 1.165) is 38.2 Å². The predicted molar refractivity (Wildman–Crippen MR) is 112 cm³/mol. The fourth-order valence-electron chi connectivity index (χ4n) is 3.37. The van der Waals surface area contributed by atoms with Crippen LogP contribution in [0.15, 0.2) is 52.3 Å². The summed E-state index contributed by atoms with van der Waals surface area (Å²) in [5.74, 6) is -1.58. The number of hydrogen-bond donors (Lipinski definition) is 1. The van der Waals surface area contributed by atoms with Crippen LogP contribution in [0, 0.1) is 11.7 Å². The zero-order valence-electron chi connectivity index (χ0n) is 17.0. The van der Waals surface area contributed by atoms with Gasteiger partial charge in [0.25, 0.3) is 10.0 Å². The van der Waals surface area contributed by atoms with Gasteiger partial charge in [0.15, 0.2) is 0 Å². The molecular formula is C20H23FN2O6S2. The molecule has 1 N–H and O–H groups in total. The Labute approximate surface area is 181 Å². The lowest BCUT2D eigenvalue weighted by Crippen LogP contribution is -2.39. The van der Waals surface area contributed by atoms with Crippen molar-refractivity contribution >= 4 is 31.7 Å². The maximum atomic E-state index is 14.1. The summed E-state index contributed by atoms with van der Waals surface area (Å²) >= 11 is 0. The van der Waals surface area contributed by atoms with Crippen LogP contribution in [0.2, 0.25) is 0 Å². The second-order valence-corrected chi connectivity index (χ2v) is 11.0. The molecule has 1 fully saturated rings. The molecular weight excluding hydrogens is 447 g/mol. The maximum Gasteiger partial charge on any atom is 0.337 e. The average molecular weight is 471 g/mol. The average Bonchev–Trinajstić information content (AvgIpc) is 2.73. The molecule has 168 valence electrons. The van der Waals surface area contributed by atoms with Crippen molar-refractivity contribution in [2.24, 2.45) is 5.92 Å². The third-order valence-corrected chi connectivity index (χ3v) is 8.28. The van der Waals surface area contributed by atoms with Gasteiger partial charge in [0, 0.05) is 18.8 Å². The van der Waals surface area contributed by atoms with Crippen molar-refractivity contribution < 1.29 is 30.8 Å². The van der Waals surface area contributed by atoms with Crippen molar-refractivity contribution in [2.45, 2.75) is 29.6 Å². The molecule has 0 bridgehead atoms. The predicted octanol–water partition coefficient (Wildman–Crippen LogP) is 2.83. The number of rotatable bonds is 6. The highest BCUT2D eigenvalue weighted by Gasteiger charge is 2.29. The Bertz CT molecular complexity index is 1180. The van der Waals surface area contributed by atoms with E-state index in [1.807, 2.05) is 6.92 Å². The lowest BCUT2D eigenvalue weighted by Gasteiger charge is -2.30. The molecule has 0 unspecified atom stereocenters. The molecule has 0 aromatic heterocycles. The molecule has 3 rings (SSSR count). The Balaban J connectivity index is 1.83. The van der Waals surface area contributed by atoms with Crippen molar-refractivity contribution in [1.29, 1.82) is 0 Å². The molecule has 8 nitrogen and oxygen atoms in total.